The number of aryl methyl sites for hydroxylation is 2. The number of benzene rings is 3. The number of pyridine rings is 1. The third-order valence-corrected chi connectivity index (χ3v) is 6.85. The van der Waals surface area contributed by atoms with Gasteiger partial charge in [0.25, 0.3) is 0 Å². The minimum Gasteiger partial charge on any atom is -0.455 e. The van der Waals surface area contributed by atoms with E-state index in [1.54, 1.807) is 0 Å². The standard InChI is InChI=1S/C29H25NO/c1-19(20-8-3-2-4-9-20)22-16-17-30-27(18-22)26-13-7-12-24-25-15-14-21-10-5-6-11-23(21)28(25)31-29(24)26/h2-4,7-9,12-19H,5-6,10-11H2,1H3. The van der Waals surface area contributed by atoms with Crippen molar-refractivity contribution in [2.45, 2.75) is 38.5 Å². The SMILES string of the molecule is CC(c1ccccc1)c1ccnc(-c2cccc3c2oc2c4c(ccc23)CCCC4)c1. The summed E-state index contributed by atoms with van der Waals surface area (Å²) in [6, 6.07) is 26.0. The number of rotatable bonds is 3. The van der Waals surface area contributed by atoms with E-state index < -0.39 is 0 Å². The van der Waals surface area contributed by atoms with Gasteiger partial charge in [0.15, 0.2) is 0 Å². The molecule has 0 N–H and O–H groups in total. The number of hydrogen-bond acceptors (Lipinski definition) is 2. The first-order valence-electron chi connectivity index (χ1n) is 11.3. The average Bonchev–Trinajstić information content (AvgIpc) is 3.23. The second-order valence-electron chi connectivity index (χ2n) is 8.68. The molecule has 2 heterocycles. The van der Waals surface area contributed by atoms with Crippen LogP contribution in [0.25, 0.3) is 33.2 Å². The number of fused-ring (bicyclic) bond motifs is 5. The molecule has 152 valence electrons. The summed E-state index contributed by atoms with van der Waals surface area (Å²) in [6.07, 6.45) is 6.73. The van der Waals surface area contributed by atoms with Crippen LogP contribution in [0.1, 0.15) is 47.9 Å². The molecule has 0 amide bonds. The molecule has 0 saturated carbocycles. The fourth-order valence-corrected chi connectivity index (χ4v) is 5.08. The van der Waals surface area contributed by atoms with Gasteiger partial charge < -0.3 is 4.42 Å². The molecular formula is C29H25NO. The maximum absolute atomic E-state index is 6.58. The van der Waals surface area contributed by atoms with Crippen LogP contribution >= 0.6 is 0 Å². The lowest BCUT2D eigenvalue weighted by atomic mass is 9.90. The number of furan rings is 1. The highest BCUT2D eigenvalue weighted by molar-refractivity contribution is 6.10. The molecule has 0 saturated heterocycles. The topological polar surface area (TPSA) is 26.0 Å². The summed E-state index contributed by atoms with van der Waals surface area (Å²) in [5.74, 6) is 0.310. The summed E-state index contributed by atoms with van der Waals surface area (Å²) in [5.41, 5.74) is 9.51. The smallest absolute Gasteiger partial charge is 0.144 e. The van der Waals surface area contributed by atoms with Crippen molar-refractivity contribution in [3.05, 3.63) is 101 Å². The highest BCUT2D eigenvalue weighted by Crippen LogP contribution is 2.39. The first kappa shape index (κ1) is 18.4. The number of para-hydroxylation sites is 1. The predicted octanol–water partition coefficient (Wildman–Crippen LogP) is 7.68. The second-order valence-corrected chi connectivity index (χ2v) is 8.68. The Bertz CT molecular complexity index is 1400. The van der Waals surface area contributed by atoms with Gasteiger partial charge in [-0.1, -0.05) is 61.5 Å². The molecular weight excluding hydrogens is 378 g/mol. The zero-order chi connectivity index (χ0) is 20.8. The Kier molecular flexibility index (Phi) is 4.38. The van der Waals surface area contributed by atoms with E-state index in [0.29, 0.717) is 5.92 Å². The lowest BCUT2D eigenvalue weighted by Gasteiger charge is -2.15. The zero-order valence-corrected chi connectivity index (χ0v) is 17.8. The number of aromatic nitrogens is 1. The monoisotopic (exact) mass is 403 g/mol. The summed E-state index contributed by atoms with van der Waals surface area (Å²) in [6.45, 7) is 2.25. The van der Waals surface area contributed by atoms with Gasteiger partial charge in [0, 0.05) is 28.5 Å². The van der Waals surface area contributed by atoms with Gasteiger partial charge >= 0.3 is 0 Å². The highest BCUT2D eigenvalue weighted by atomic mass is 16.3. The summed E-state index contributed by atoms with van der Waals surface area (Å²) in [4.78, 5) is 4.73. The fraction of sp³-hybridized carbons (Fsp3) is 0.207. The molecule has 0 bridgehead atoms. The van der Waals surface area contributed by atoms with Crippen molar-refractivity contribution >= 4 is 21.9 Å². The van der Waals surface area contributed by atoms with Crippen molar-refractivity contribution in [3.8, 4) is 11.3 Å². The van der Waals surface area contributed by atoms with Gasteiger partial charge in [-0.3, -0.25) is 4.98 Å². The lowest BCUT2D eigenvalue weighted by molar-refractivity contribution is 0.638. The van der Waals surface area contributed by atoms with Gasteiger partial charge in [0.2, 0.25) is 0 Å². The molecule has 0 spiro atoms. The molecule has 5 aromatic rings. The number of hydrogen-bond donors (Lipinski definition) is 0. The third kappa shape index (κ3) is 3.06. The molecule has 2 nitrogen and oxygen atoms in total. The largest absolute Gasteiger partial charge is 0.455 e. The fourth-order valence-electron chi connectivity index (χ4n) is 5.08. The van der Waals surface area contributed by atoms with E-state index in [1.165, 1.54) is 45.9 Å². The van der Waals surface area contributed by atoms with Crippen LogP contribution in [0.5, 0.6) is 0 Å². The van der Waals surface area contributed by atoms with Crippen molar-refractivity contribution in [2.75, 3.05) is 0 Å². The van der Waals surface area contributed by atoms with Gasteiger partial charge in [0.05, 0.1) is 5.69 Å². The molecule has 1 unspecified atom stereocenters. The van der Waals surface area contributed by atoms with Crippen molar-refractivity contribution in [3.63, 3.8) is 0 Å². The average molecular weight is 404 g/mol. The quantitative estimate of drug-likeness (QED) is 0.309. The van der Waals surface area contributed by atoms with Crippen molar-refractivity contribution < 1.29 is 4.42 Å². The summed E-state index contributed by atoms with van der Waals surface area (Å²) in [5, 5.41) is 2.41. The van der Waals surface area contributed by atoms with Crippen LogP contribution in [0.15, 0.2) is 83.4 Å². The van der Waals surface area contributed by atoms with Crippen LogP contribution in [-0.4, -0.2) is 4.98 Å². The molecule has 0 radical (unpaired) electrons. The minimum absolute atomic E-state index is 0.310. The van der Waals surface area contributed by atoms with Gasteiger partial charge in [-0.05, 0) is 66.1 Å². The summed E-state index contributed by atoms with van der Waals surface area (Å²) >= 11 is 0. The second kappa shape index (κ2) is 7.39. The number of nitrogens with zero attached hydrogens (tertiary/aromatic N) is 1. The Hall–Kier alpha value is -3.39. The lowest BCUT2D eigenvalue weighted by Crippen LogP contribution is -2.02. The van der Waals surface area contributed by atoms with Gasteiger partial charge in [-0.15, -0.1) is 0 Å². The zero-order valence-electron chi connectivity index (χ0n) is 17.8. The molecule has 6 rings (SSSR count). The molecule has 0 aliphatic heterocycles. The van der Waals surface area contributed by atoms with Crippen LogP contribution < -0.4 is 0 Å². The van der Waals surface area contributed by atoms with Crippen LogP contribution in [0.3, 0.4) is 0 Å². The Morgan fingerprint density at radius 3 is 2.52 bits per heavy atom. The van der Waals surface area contributed by atoms with Crippen LogP contribution in [0, 0.1) is 0 Å². The first-order valence-corrected chi connectivity index (χ1v) is 11.3. The molecule has 2 aromatic heterocycles. The normalized spacial score (nSPS) is 14.6. The molecule has 1 atom stereocenters. The molecule has 1 aliphatic rings. The van der Waals surface area contributed by atoms with Crippen molar-refractivity contribution in [1.29, 1.82) is 0 Å². The molecule has 31 heavy (non-hydrogen) atoms. The van der Waals surface area contributed by atoms with E-state index in [1.807, 2.05) is 6.20 Å². The molecule has 3 aromatic carbocycles. The Morgan fingerprint density at radius 1 is 0.774 bits per heavy atom. The van der Waals surface area contributed by atoms with E-state index in [-0.39, 0.29) is 0 Å². The Balaban J connectivity index is 1.51. The molecule has 1 aliphatic carbocycles. The van der Waals surface area contributed by atoms with Crippen LogP contribution in [-0.2, 0) is 12.8 Å². The van der Waals surface area contributed by atoms with Crippen LogP contribution in [0.4, 0.5) is 0 Å². The molecule has 2 heteroatoms. The minimum atomic E-state index is 0.310. The van der Waals surface area contributed by atoms with E-state index in [2.05, 4.69) is 79.7 Å². The van der Waals surface area contributed by atoms with E-state index in [9.17, 15) is 0 Å². The third-order valence-electron chi connectivity index (χ3n) is 6.85. The van der Waals surface area contributed by atoms with Crippen molar-refractivity contribution in [2.24, 2.45) is 0 Å². The van der Waals surface area contributed by atoms with Gasteiger partial charge in [-0.2, -0.15) is 0 Å². The van der Waals surface area contributed by atoms with Gasteiger partial charge in [-0.25, -0.2) is 0 Å². The van der Waals surface area contributed by atoms with Crippen molar-refractivity contribution in [1.82, 2.24) is 4.98 Å². The molecule has 0 fully saturated rings. The summed E-state index contributed by atoms with van der Waals surface area (Å²) in [7, 11) is 0. The Morgan fingerprint density at radius 2 is 1.61 bits per heavy atom. The van der Waals surface area contributed by atoms with Gasteiger partial charge in [0.1, 0.15) is 11.2 Å². The first-order chi connectivity index (χ1) is 15.3. The van der Waals surface area contributed by atoms with E-state index >= 15 is 0 Å². The van der Waals surface area contributed by atoms with E-state index in [4.69, 9.17) is 9.40 Å². The maximum atomic E-state index is 6.58. The maximum Gasteiger partial charge on any atom is 0.144 e. The summed E-state index contributed by atoms with van der Waals surface area (Å²) < 4.78 is 6.58. The highest BCUT2D eigenvalue weighted by Gasteiger charge is 2.19. The van der Waals surface area contributed by atoms with Crippen LogP contribution in [0.2, 0.25) is 0 Å². The predicted molar refractivity (Wildman–Crippen MR) is 128 cm³/mol. The Labute approximate surface area is 182 Å². The van der Waals surface area contributed by atoms with E-state index in [0.717, 1.165) is 35.3 Å².